The molecular weight excluding hydrogens is 353 g/mol. The first-order chi connectivity index (χ1) is 12.7. The maximum Gasteiger partial charge on any atom is 0.407 e. The Hall–Kier alpha value is -2.64. The number of ether oxygens (including phenoxy) is 2. The van der Waals surface area contributed by atoms with Gasteiger partial charge in [0.1, 0.15) is 23.7 Å². The smallest absolute Gasteiger partial charge is 0.407 e. The Kier molecular flexibility index (Phi) is 8.71. The third-order valence-corrected chi connectivity index (χ3v) is 3.44. The zero-order chi connectivity index (χ0) is 20.4. The average molecular weight is 381 g/mol. The number of rotatable bonds is 8. The zero-order valence-corrected chi connectivity index (χ0v) is 16.5. The highest BCUT2D eigenvalue weighted by Crippen LogP contribution is 2.12. The predicted molar refractivity (Wildman–Crippen MR) is 100 cm³/mol. The van der Waals surface area contributed by atoms with Crippen molar-refractivity contribution < 1.29 is 23.5 Å². The van der Waals surface area contributed by atoms with E-state index in [-0.39, 0.29) is 24.6 Å². The van der Waals surface area contributed by atoms with E-state index in [0.29, 0.717) is 30.9 Å². The Balaban J connectivity index is 2.54. The molecule has 0 bridgehead atoms. The third kappa shape index (κ3) is 8.06. The van der Waals surface area contributed by atoms with Crippen molar-refractivity contribution in [3.63, 3.8) is 0 Å². The molecule has 0 radical (unpaired) electrons. The van der Waals surface area contributed by atoms with Gasteiger partial charge in [-0.1, -0.05) is 0 Å². The van der Waals surface area contributed by atoms with Gasteiger partial charge in [0.2, 0.25) is 0 Å². The molecule has 27 heavy (non-hydrogen) atoms. The zero-order valence-electron chi connectivity index (χ0n) is 16.5. The summed E-state index contributed by atoms with van der Waals surface area (Å²) in [6.07, 6.45) is 1.15. The molecule has 0 atom stereocenters. The summed E-state index contributed by atoms with van der Waals surface area (Å²) < 4.78 is 23.5. The number of carbonyl (C=O) groups excluding carboxylic acids is 2. The first-order valence-corrected chi connectivity index (χ1v) is 8.83. The lowest BCUT2D eigenvalue weighted by Crippen LogP contribution is -2.34. The summed E-state index contributed by atoms with van der Waals surface area (Å²) in [6.45, 7) is 10.1. The van der Waals surface area contributed by atoms with Crippen LogP contribution in [0.1, 0.15) is 45.1 Å². The molecule has 0 unspecified atom stereocenters. The molecule has 1 aromatic rings. The number of alkyl carbamates (subject to hydrolysis) is 1. The molecule has 7 nitrogen and oxygen atoms in total. The molecule has 1 rings (SSSR count). The fourth-order valence-corrected chi connectivity index (χ4v) is 2.06. The fraction of sp³-hybridized carbons (Fsp3) is 0.526. The van der Waals surface area contributed by atoms with Gasteiger partial charge in [-0.2, -0.15) is 0 Å². The lowest BCUT2D eigenvalue weighted by atomic mass is 10.2. The molecule has 0 aliphatic carbocycles. The van der Waals surface area contributed by atoms with Gasteiger partial charge >= 0.3 is 6.09 Å². The number of nitrogens with zero attached hydrogens (tertiary/aromatic N) is 2. The van der Waals surface area contributed by atoms with Gasteiger partial charge < -0.3 is 19.7 Å². The Morgan fingerprint density at radius 2 is 1.93 bits per heavy atom. The molecule has 1 N–H and O–H groups in total. The minimum atomic E-state index is -0.636. The summed E-state index contributed by atoms with van der Waals surface area (Å²) in [5.74, 6) is 0.236. The van der Waals surface area contributed by atoms with Gasteiger partial charge in [0, 0.05) is 25.2 Å². The van der Waals surface area contributed by atoms with E-state index < -0.39 is 11.7 Å². The first kappa shape index (κ1) is 22.4. The van der Waals surface area contributed by atoms with E-state index >= 15 is 0 Å². The van der Waals surface area contributed by atoms with Crippen LogP contribution in [0.25, 0.3) is 0 Å². The summed E-state index contributed by atoms with van der Waals surface area (Å²) in [5, 5.41) is 2.46. The van der Waals surface area contributed by atoms with Crippen LogP contribution in [-0.4, -0.2) is 53.7 Å². The average Bonchev–Trinajstić information content (AvgIpc) is 2.61. The number of pyridine rings is 1. The van der Waals surface area contributed by atoms with Crippen LogP contribution in [0.5, 0.6) is 5.75 Å². The van der Waals surface area contributed by atoms with Crippen LogP contribution in [0, 0.1) is 0 Å². The number of carbonyl (C=O) groups is 2. The lowest BCUT2D eigenvalue weighted by molar-refractivity contribution is 0.0531. The quantitative estimate of drug-likeness (QED) is 0.747. The molecule has 0 aromatic carbocycles. The second-order valence-corrected chi connectivity index (χ2v) is 6.77. The molecule has 0 aliphatic rings. The van der Waals surface area contributed by atoms with Gasteiger partial charge in [0.15, 0.2) is 0 Å². The van der Waals surface area contributed by atoms with Crippen LogP contribution in [0.15, 0.2) is 30.2 Å². The molecule has 1 aromatic heterocycles. The van der Waals surface area contributed by atoms with Gasteiger partial charge in [-0.15, -0.1) is 0 Å². The Bertz CT molecular complexity index is 650. The van der Waals surface area contributed by atoms with Crippen LogP contribution < -0.4 is 10.1 Å². The lowest BCUT2D eigenvalue weighted by Gasteiger charge is -2.20. The van der Waals surface area contributed by atoms with E-state index in [2.05, 4.69) is 10.3 Å². The second kappa shape index (κ2) is 10.5. The van der Waals surface area contributed by atoms with Gasteiger partial charge in [-0.3, -0.25) is 4.79 Å². The molecule has 0 spiro atoms. The molecule has 1 heterocycles. The molecule has 0 aliphatic heterocycles. The standard InChI is InChI=1S/C19H28FN3O4/c1-6-23(7-2)17(24)16-9-8-15(12-21-16)26-13-14(10-20)11-22-18(25)27-19(3,4)5/h8-10,12H,6-7,11,13H2,1-5H3,(H,22,25). The Morgan fingerprint density at radius 1 is 1.26 bits per heavy atom. The van der Waals surface area contributed by atoms with Gasteiger partial charge in [-0.05, 0) is 46.8 Å². The number of halogens is 1. The summed E-state index contributed by atoms with van der Waals surface area (Å²) in [4.78, 5) is 29.5. The summed E-state index contributed by atoms with van der Waals surface area (Å²) >= 11 is 0. The molecule has 8 heteroatoms. The summed E-state index contributed by atoms with van der Waals surface area (Å²) in [7, 11) is 0. The van der Waals surface area contributed by atoms with E-state index in [9.17, 15) is 14.0 Å². The normalized spacial score (nSPS) is 11.7. The van der Waals surface area contributed by atoms with Crippen molar-refractivity contribution in [1.82, 2.24) is 15.2 Å². The number of amides is 2. The number of aromatic nitrogens is 1. The van der Waals surface area contributed by atoms with E-state index in [1.807, 2.05) is 13.8 Å². The molecule has 2 amide bonds. The molecular formula is C19H28FN3O4. The van der Waals surface area contributed by atoms with Crippen molar-refractivity contribution in [3.05, 3.63) is 35.9 Å². The van der Waals surface area contributed by atoms with Crippen molar-refractivity contribution in [2.24, 2.45) is 0 Å². The van der Waals surface area contributed by atoms with Crippen LogP contribution >= 0.6 is 0 Å². The van der Waals surface area contributed by atoms with Gasteiger partial charge in [0.05, 0.1) is 12.5 Å². The molecule has 150 valence electrons. The van der Waals surface area contributed by atoms with Crippen LogP contribution in [0.2, 0.25) is 0 Å². The summed E-state index contributed by atoms with van der Waals surface area (Å²) in [6, 6.07) is 3.16. The highest BCUT2D eigenvalue weighted by molar-refractivity contribution is 5.92. The number of hydrogen-bond donors (Lipinski definition) is 1. The summed E-state index contributed by atoms with van der Waals surface area (Å²) in [5.41, 5.74) is -0.0843. The van der Waals surface area contributed by atoms with E-state index in [4.69, 9.17) is 9.47 Å². The molecule has 0 saturated heterocycles. The van der Waals surface area contributed by atoms with Crippen molar-refractivity contribution >= 4 is 12.0 Å². The SMILES string of the molecule is CCN(CC)C(=O)c1ccc(OCC(=CF)CNC(=O)OC(C)(C)C)cn1. The van der Waals surface area contributed by atoms with Crippen molar-refractivity contribution in [3.8, 4) is 5.75 Å². The van der Waals surface area contributed by atoms with E-state index in [1.54, 1.807) is 37.8 Å². The van der Waals surface area contributed by atoms with Crippen molar-refractivity contribution in [1.29, 1.82) is 0 Å². The van der Waals surface area contributed by atoms with Crippen LogP contribution in [0.3, 0.4) is 0 Å². The van der Waals surface area contributed by atoms with Gasteiger partial charge in [0.25, 0.3) is 5.91 Å². The Labute approximate surface area is 159 Å². The predicted octanol–water partition coefficient (Wildman–Crippen LogP) is 3.32. The second-order valence-electron chi connectivity index (χ2n) is 6.77. The van der Waals surface area contributed by atoms with Crippen molar-refractivity contribution in [2.75, 3.05) is 26.2 Å². The molecule has 0 fully saturated rings. The monoisotopic (exact) mass is 381 g/mol. The minimum Gasteiger partial charge on any atom is -0.487 e. The van der Waals surface area contributed by atoms with E-state index in [0.717, 1.165) is 0 Å². The molecule has 0 saturated carbocycles. The topological polar surface area (TPSA) is 80.8 Å². The minimum absolute atomic E-state index is 0.0443. The maximum absolute atomic E-state index is 13.0. The highest BCUT2D eigenvalue weighted by atomic mass is 19.1. The third-order valence-electron chi connectivity index (χ3n) is 3.44. The van der Waals surface area contributed by atoms with Gasteiger partial charge in [-0.25, -0.2) is 14.2 Å². The first-order valence-electron chi connectivity index (χ1n) is 8.83. The largest absolute Gasteiger partial charge is 0.487 e. The van der Waals surface area contributed by atoms with Crippen LogP contribution in [0.4, 0.5) is 9.18 Å². The number of hydrogen-bond acceptors (Lipinski definition) is 5. The number of nitrogens with one attached hydrogen (secondary N) is 1. The maximum atomic E-state index is 13.0. The van der Waals surface area contributed by atoms with Crippen molar-refractivity contribution in [2.45, 2.75) is 40.2 Å². The van der Waals surface area contributed by atoms with Crippen LogP contribution in [-0.2, 0) is 4.74 Å². The fourth-order valence-electron chi connectivity index (χ4n) is 2.06. The highest BCUT2D eigenvalue weighted by Gasteiger charge is 2.16. The Morgan fingerprint density at radius 3 is 2.41 bits per heavy atom. The van der Waals surface area contributed by atoms with E-state index in [1.165, 1.54) is 6.20 Å².